The summed E-state index contributed by atoms with van der Waals surface area (Å²) in [6.07, 6.45) is 3.37. The molecule has 0 fully saturated rings. The fourth-order valence-corrected chi connectivity index (χ4v) is 1.48. The zero-order chi connectivity index (χ0) is 7.68. The van der Waals surface area contributed by atoms with Gasteiger partial charge in [-0.2, -0.15) is 0 Å². The van der Waals surface area contributed by atoms with Crippen LogP contribution in [0.2, 0.25) is 0 Å². The van der Waals surface area contributed by atoms with Crippen LogP contribution in [0.1, 0.15) is 17.7 Å². The zero-order valence-corrected chi connectivity index (χ0v) is 6.17. The van der Waals surface area contributed by atoms with Gasteiger partial charge >= 0.3 is 0 Å². The van der Waals surface area contributed by atoms with Crippen molar-refractivity contribution in [2.75, 3.05) is 5.48 Å². The molecule has 3 heteroatoms. The number of hydrogen-bond donors (Lipinski definition) is 2. The number of aryl methyl sites for hydroxylation is 2. The number of rotatable bonds is 1. The predicted octanol–water partition coefficient (Wildman–Crippen LogP) is 1.37. The van der Waals surface area contributed by atoms with Crippen molar-refractivity contribution in [3.05, 3.63) is 23.4 Å². The van der Waals surface area contributed by atoms with Crippen LogP contribution in [0.4, 0.5) is 5.82 Å². The average molecular weight is 150 g/mol. The maximum Gasteiger partial charge on any atom is 0.149 e. The van der Waals surface area contributed by atoms with Gasteiger partial charge in [-0.25, -0.2) is 4.98 Å². The molecule has 1 aromatic heterocycles. The molecule has 0 saturated heterocycles. The number of hydrogen-bond acceptors (Lipinski definition) is 3. The first-order valence-electron chi connectivity index (χ1n) is 3.79. The Bertz CT molecular complexity index is 273. The number of fused-ring (bicyclic) bond motifs is 1. The Hall–Kier alpha value is -1.09. The average Bonchev–Trinajstić information content (AvgIpc) is 2.50. The van der Waals surface area contributed by atoms with Crippen LogP contribution in [0.3, 0.4) is 0 Å². The molecule has 1 heterocycles. The molecule has 2 rings (SSSR count). The van der Waals surface area contributed by atoms with Gasteiger partial charge in [0.1, 0.15) is 5.82 Å². The van der Waals surface area contributed by atoms with Crippen molar-refractivity contribution in [3.63, 3.8) is 0 Å². The van der Waals surface area contributed by atoms with E-state index in [0.717, 1.165) is 18.5 Å². The third-order valence-corrected chi connectivity index (χ3v) is 2.04. The number of aromatic nitrogens is 1. The summed E-state index contributed by atoms with van der Waals surface area (Å²) in [4.78, 5) is 4.21. The fourth-order valence-electron chi connectivity index (χ4n) is 1.48. The molecule has 0 unspecified atom stereocenters. The second-order valence-corrected chi connectivity index (χ2v) is 2.77. The summed E-state index contributed by atoms with van der Waals surface area (Å²) >= 11 is 0. The second-order valence-electron chi connectivity index (χ2n) is 2.77. The molecule has 0 bridgehead atoms. The van der Waals surface area contributed by atoms with Gasteiger partial charge in [0.05, 0.1) is 0 Å². The monoisotopic (exact) mass is 150 g/mol. The summed E-state index contributed by atoms with van der Waals surface area (Å²) in [5.41, 5.74) is 4.50. The lowest BCUT2D eigenvalue weighted by Crippen LogP contribution is -1.96. The van der Waals surface area contributed by atoms with E-state index >= 15 is 0 Å². The molecule has 0 spiro atoms. The van der Waals surface area contributed by atoms with E-state index in [1.54, 1.807) is 6.07 Å². The third-order valence-electron chi connectivity index (χ3n) is 2.04. The Morgan fingerprint density at radius 2 is 2.27 bits per heavy atom. The van der Waals surface area contributed by atoms with Gasteiger partial charge in [0.25, 0.3) is 0 Å². The Morgan fingerprint density at radius 3 is 3.09 bits per heavy atom. The molecule has 0 radical (unpaired) electrons. The highest BCUT2D eigenvalue weighted by atomic mass is 16.5. The molecular formula is C8H10N2O. The first-order chi connectivity index (χ1) is 5.40. The van der Waals surface area contributed by atoms with E-state index in [2.05, 4.69) is 4.98 Å². The zero-order valence-electron chi connectivity index (χ0n) is 6.17. The molecule has 2 N–H and O–H groups in total. The summed E-state index contributed by atoms with van der Waals surface area (Å²) in [6.45, 7) is 0. The quantitative estimate of drug-likeness (QED) is 0.594. The van der Waals surface area contributed by atoms with Crippen LogP contribution in [0.15, 0.2) is 12.1 Å². The highest BCUT2D eigenvalue weighted by molar-refractivity contribution is 5.38. The van der Waals surface area contributed by atoms with Crippen LogP contribution < -0.4 is 5.48 Å². The number of nitrogens with one attached hydrogen (secondary N) is 1. The van der Waals surface area contributed by atoms with Gasteiger partial charge in [0.2, 0.25) is 0 Å². The first kappa shape index (κ1) is 6.61. The molecule has 0 aromatic carbocycles. The van der Waals surface area contributed by atoms with Crippen molar-refractivity contribution in [2.45, 2.75) is 19.3 Å². The maximum absolute atomic E-state index is 8.56. The molecule has 0 aliphatic heterocycles. The Kier molecular flexibility index (Phi) is 1.51. The van der Waals surface area contributed by atoms with Gasteiger partial charge in [0.15, 0.2) is 0 Å². The molecule has 0 saturated carbocycles. The third kappa shape index (κ3) is 1.07. The van der Waals surface area contributed by atoms with Crippen LogP contribution in [0.5, 0.6) is 0 Å². The standard InChI is InChI=1S/C8H10N2O/c11-10-8-5-4-6-2-1-3-7(6)9-8/h4-5,11H,1-3H2,(H,9,10). The highest BCUT2D eigenvalue weighted by Gasteiger charge is 2.11. The maximum atomic E-state index is 8.56. The molecule has 0 amide bonds. The van der Waals surface area contributed by atoms with Gasteiger partial charge in [-0.15, -0.1) is 0 Å². The SMILES string of the molecule is ONc1ccc2c(n1)CCC2. The minimum Gasteiger partial charge on any atom is -0.290 e. The normalized spacial score (nSPS) is 14.6. The topological polar surface area (TPSA) is 45.1 Å². The second kappa shape index (κ2) is 2.51. The van der Waals surface area contributed by atoms with Crippen LogP contribution in [0, 0.1) is 0 Å². The fraction of sp³-hybridized carbons (Fsp3) is 0.375. The highest BCUT2D eigenvalue weighted by Crippen LogP contribution is 2.20. The summed E-state index contributed by atoms with van der Waals surface area (Å²) < 4.78 is 0. The Labute approximate surface area is 65.0 Å². The van der Waals surface area contributed by atoms with E-state index in [4.69, 9.17) is 5.21 Å². The lowest BCUT2D eigenvalue weighted by atomic mass is 10.2. The smallest absolute Gasteiger partial charge is 0.149 e. The van der Waals surface area contributed by atoms with Crippen LogP contribution in [0.25, 0.3) is 0 Å². The molecule has 1 aliphatic rings. The lowest BCUT2D eigenvalue weighted by Gasteiger charge is -2.00. The number of nitrogens with zero attached hydrogens (tertiary/aromatic N) is 1. The summed E-state index contributed by atoms with van der Waals surface area (Å²) in [5.74, 6) is 0.547. The minimum absolute atomic E-state index is 0.547. The Morgan fingerprint density at radius 1 is 1.36 bits per heavy atom. The van der Waals surface area contributed by atoms with E-state index in [1.807, 2.05) is 11.5 Å². The molecule has 11 heavy (non-hydrogen) atoms. The van der Waals surface area contributed by atoms with Crippen molar-refractivity contribution in [2.24, 2.45) is 0 Å². The van der Waals surface area contributed by atoms with Crippen molar-refractivity contribution in [1.29, 1.82) is 0 Å². The predicted molar refractivity (Wildman–Crippen MR) is 41.7 cm³/mol. The van der Waals surface area contributed by atoms with Gasteiger partial charge in [-0.1, -0.05) is 6.07 Å². The van der Waals surface area contributed by atoms with E-state index in [1.165, 1.54) is 12.0 Å². The van der Waals surface area contributed by atoms with Crippen LogP contribution in [-0.2, 0) is 12.8 Å². The summed E-state index contributed by atoms with van der Waals surface area (Å²) in [6, 6.07) is 3.82. The van der Waals surface area contributed by atoms with E-state index in [-0.39, 0.29) is 0 Å². The van der Waals surface area contributed by atoms with Crippen molar-refractivity contribution >= 4 is 5.82 Å². The lowest BCUT2D eigenvalue weighted by molar-refractivity contribution is 0.385. The van der Waals surface area contributed by atoms with Gasteiger partial charge in [-0.05, 0) is 30.9 Å². The van der Waals surface area contributed by atoms with Gasteiger partial charge in [-0.3, -0.25) is 10.7 Å². The number of anilines is 1. The number of pyridine rings is 1. The molecule has 3 nitrogen and oxygen atoms in total. The summed E-state index contributed by atoms with van der Waals surface area (Å²) in [5, 5.41) is 8.56. The van der Waals surface area contributed by atoms with Crippen LogP contribution in [-0.4, -0.2) is 10.2 Å². The van der Waals surface area contributed by atoms with E-state index < -0.39 is 0 Å². The van der Waals surface area contributed by atoms with Crippen molar-refractivity contribution in [1.82, 2.24) is 4.98 Å². The van der Waals surface area contributed by atoms with Gasteiger partial charge < -0.3 is 0 Å². The van der Waals surface area contributed by atoms with Crippen molar-refractivity contribution < 1.29 is 5.21 Å². The summed E-state index contributed by atoms with van der Waals surface area (Å²) in [7, 11) is 0. The molecule has 58 valence electrons. The van der Waals surface area contributed by atoms with Crippen LogP contribution >= 0.6 is 0 Å². The molecule has 0 atom stereocenters. The largest absolute Gasteiger partial charge is 0.290 e. The molecule has 1 aromatic rings. The van der Waals surface area contributed by atoms with E-state index in [9.17, 15) is 0 Å². The first-order valence-corrected chi connectivity index (χ1v) is 3.79. The Balaban J connectivity index is 2.41. The molecule has 1 aliphatic carbocycles. The minimum atomic E-state index is 0.547. The van der Waals surface area contributed by atoms with Gasteiger partial charge in [0, 0.05) is 5.69 Å². The molecular weight excluding hydrogens is 140 g/mol. The van der Waals surface area contributed by atoms with Crippen molar-refractivity contribution in [3.8, 4) is 0 Å². The van der Waals surface area contributed by atoms with E-state index in [0.29, 0.717) is 5.82 Å².